The molecule has 2 saturated carbocycles. The van der Waals surface area contributed by atoms with Gasteiger partial charge in [0.15, 0.2) is 0 Å². The van der Waals surface area contributed by atoms with Gasteiger partial charge >= 0.3 is 0 Å². The van der Waals surface area contributed by atoms with Crippen molar-refractivity contribution in [2.24, 2.45) is 0 Å². The van der Waals surface area contributed by atoms with Crippen LogP contribution in [0.15, 0.2) is 30.3 Å². The van der Waals surface area contributed by atoms with Crippen molar-refractivity contribution in [2.45, 2.75) is 76.0 Å². The fourth-order valence-electron chi connectivity index (χ4n) is 4.71. The van der Waals surface area contributed by atoms with Crippen molar-refractivity contribution < 1.29 is 0 Å². The van der Waals surface area contributed by atoms with Crippen LogP contribution in [0, 0.1) is 0 Å². The fourth-order valence-corrected chi connectivity index (χ4v) is 4.89. The molecular formula is C22H27ClN2. The number of rotatable bonds is 3. The van der Waals surface area contributed by atoms with Gasteiger partial charge in [-0.15, -0.1) is 0 Å². The van der Waals surface area contributed by atoms with Crippen LogP contribution in [-0.2, 0) is 0 Å². The Morgan fingerprint density at radius 2 is 1.16 bits per heavy atom. The highest BCUT2D eigenvalue weighted by atomic mass is 35.5. The lowest BCUT2D eigenvalue weighted by Gasteiger charge is -2.28. The highest BCUT2D eigenvalue weighted by molar-refractivity contribution is 6.28. The Morgan fingerprint density at radius 1 is 0.680 bits per heavy atom. The molecule has 2 fully saturated rings. The summed E-state index contributed by atoms with van der Waals surface area (Å²) in [6.07, 6.45) is 12.9. The lowest BCUT2D eigenvalue weighted by molar-refractivity contribution is 0.426. The van der Waals surface area contributed by atoms with E-state index in [0.717, 1.165) is 0 Å². The molecule has 0 aliphatic heterocycles. The van der Waals surface area contributed by atoms with Gasteiger partial charge in [-0.25, -0.2) is 9.97 Å². The van der Waals surface area contributed by atoms with Crippen molar-refractivity contribution in [3.05, 3.63) is 47.0 Å². The van der Waals surface area contributed by atoms with Gasteiger partial charge < -0.3 is 0 Å². The molecule has 0 bridgehead atoms. The third-order valence-electron chi connectivity index (χ3n) is 5.98. The van der Waals surface area contributed by atoms with Gasteiger partial charge in [-0.1, -0.05) is 68.9 Å². The number of hydrogen-bond donors (Lipinski definition) is 0. The van der Waals surface area contributed by atoms with E-state index in [-0.39, 0.29) is 0 Å². The molecule has 0 radical (unpaired) electrons. The van der Waals surface area contributed by atoms with E-state index in [1.54, 1.807) is 0 Å². The van der Waals surface area contributed by atoms with Crippen LogP contribution < -0.4 is 0 Å². The monoisotopic (exact) mass is 354 g/mol. The Bertz CT molecular complexity index is 662. The molecular weight excluding hydrogens is 328 g/mol. The lowest BCUT2D eigenvalue weighted by atomic mass is 9.79. The standard InChI is InChI=1S/C22H27ClN2/c23-22-24-20(17-12-6-2-7-13-17)19(16-10-4-1-5-11-16)21(25-22)18-14-8-3-9-15-18/h1,4-5,10-11,17-18H,2-3,6-9,12-15H2. The Labute approximate surface area is 156 Å². The Balaban J connectivity index is 1.85. The third kappa shape index (κ3) is 3.74. The summed E-state index contributed by atoms with van der Waals surface area (Å²) in [4.78, 5) is 9.57. The van der Waals surface area contributed by atoms with E-state index in [9.17, 15) is 0 Å². The van der Waals surface area contributed by atoms with Gasteiger partial charge in [-0.05, 0) is 42.8 Å². The predicted octanol–water partition coefficient (Wildman–Crippen LogP) is 6.89. The minimum Gasteiger partial charge on any atom is -0.222 e. The van der Waals surface area contributed by atoms with Crippen LogP contribution in [0.3, 0.4) is 0 Å². The van der Waals surface area contributed by atoms with E-state index < -0.39 is 0 Å². The average Bonchev–Trinajstić information content (AvgIpc) is 2.69. The van der Waals surface area contributed by atoms with E-state index in [1.807, 2.05) is 0 Å². The van der Waals surface area contributed by atoms with Gasteiger partial charge in [0, 0.05) is 17.4 Å². The molecule has 1 aromatic heterocycles. The van der Waals surface area contributed by atoms with Gasteiger partial charge in [0.1, 0.15) is 0 Å². The van der Waals surface area contributed by atoms with Crippen LogP contribution in [0.1, 0.15) is 87.4 Å². The van der Waals surface area contributed by atoms with Crippen molar-refractivity contribution in [3.63, 3.8) is 0 Å². The van der Waals surface area contributed by atoms with Crippen LogP contribution in [0.5, 0.6) is 0 Å². The smallest absolute Gasteiger partial charge is 0.222 e. The maximum absolute atomic E-state index is 6.43. The summed E-state index contributed by atoms with van der Waals surface area (Å²) in [6.45, 7) is 0. The first kappa shape index (κ1) is 17.0. The van der Waals surface area contributed by atoms with Gasteiger partial charge in [0.25, 0.3) is 0 Å². The summed E-state index contributed by atoms with van der Waals surface area (Å²) < 4.78 is 0. The van der Waals surface area contributed by atoms with Crippen molar-refractivity contribution in [1.29, 1.82) is 0 Å². The molecule has 0 unspecified atom stereocenters. The molecule has 2 aliphatic carbocycles. The van der Waals surface area contributed by atoms with Crippen LogP contribution >= 0.6 is 11.6 Å². The Kier molecular flexibility index (Phi) is 5.36. The second-order valence-electron chi connectivity index (χ2n) is 7.67. The van der Waals surface area contributed by atoms with Crippen molar-refractivity contribution in [1.82, 2.24) is 9.97 Å². The molecule has 4 rings (SSSR count). The zero-order valence-corrected chi connectivity index (χ0v) is 15.6. The van der Waals surface area contributed by atoms with Crippen LogP contribution in [0.4, 0.5) is 0 Å². The molecule has 0 N–H and O–H groups in total. The van der Waals surface area contributed by atoms with Gasteiger partial charge in [0.05, 0.1) is 11.4 Å². The molecule has 1 aromatic carbocycles. The zero-order chi connectivity index (χ0) is 17.1. The highest BCUT2D eigenvalue weighted by Gasteiger charge is 2.28. The first-order chi connectivity index (χ1) is 12.3. The average molecular weight is 355 g/mol. The second kappa shape index (κ2) is 7.86. The molecule has 3 heteroatoms. The summed E-state index contributed by atoms with van der Waals surface area (Å²) in [6, 6.07) is 10.8. The molecule has 0 atom stereocenters. The molecule has 132 valence electrons. The maximum Gasteiger partial charge on any atom is 0.222 e. The third-order valence-corrected chi connectivity index (χ3v) is 6.15. The molecule has 0 amide bonds. The fraction of sp³-hybridized carbons (Fsp3) is 0.545. The minimum atomic E-state index is 0.445. The molecule has 2 aliphatic rings. The van der Waals surface area contributed by atoms with E-state index in [1.165, 1.54) is 86.7 Å². The van der Waals surface area contributed by atoms with Crippen LogP contribution in [-0.4, -0.2) is 9.97 Å². The molecule has 2 nitrogen and oxygen atoms in total. The minimum absolute atomic E-state index is 0.445. The SMILES string of the molecule is Clc1nc(C2CCCCC2)c(-c2ccccc2)c(C2CCCCC2)n1. The number of hydrogen-bond acceptors (Lipinski definition) is 2. The quantitative estimate of drug-likeness (QED) is 0.560. The summed E-state index contributed by atoms with van der Waals surface area (Å²) in [5.41, 5.74) is 4.99. The number of halogens is 1. The number of nitrogens with zero attached hydrogens (tertiary/aromatic N) is 2. The molecule has 0 saturated heterocycles. The Morgan fingerprint density at radius 3 is 1.64 bits per heavy atom. The highest BCUT2D eigenvalue weighted by Crippen LogP contribution is 2.43. The molecule has 2 aromatic rings. The maximum atomic E-state index is 6.43. The topological polar surface area (TPSA) is 25.8 Å². The largest absolute Gasteiger partial charge is 0.222 e. The first-order valence-electron chi connectivity index (χ1n) is 9.95. The molecule has 1 heterocycles. The number of benzene rings is 1. The lowest BCUT2D eigenvalue weighted by Crippen LogP contribution is -2.15. The van der Waals surface area contributed by atoms with Crippen LogP contribution in [0.25, 0.3) is 11.1 Å². The molecule has 25 heavy (non-hydrogen) atoms. The van der Waals surface area contributed by atoms with Crippen molar-refractivity contribution in [2.75, 3.05) is 0 Å². The van der Waals surface area contributed by atoms with Crippen molar-refractivity contribution >= 4 is 11.6 Å². The summed E-state index contributed by atoms with van der Waals surface area (Å²) >= 11 is 6.43. The summed E-state index contributed by atoms with van der Waals surface area (Å²) in [5.74, 6) is 1.07. The summed E-state index contributed by atoms with van der Waals surface area (Å²) in [7, 11) is 0. The van der Waals surface area contributed by atoms with E-state index in [4.69, 9.17) is 21.6 Å². The first-order valence-corrected chi connectivity index (χ1v) is 10.3. The van der Waals surface area contributed by atoms with E-state index in [0.29, 0.717) is 17.1 Å². The van der Waals surface area contributed by atoms with E-state index in [2.05, 4.69) is 30.3 Å². The normalized spacial score (nSPS) is 19.9. The summed E-state index contributed by atoms with van der Waals surface area (Å²) in [5, 5.41) is 0.445. The van der Waals surface area contributed by atoms with E-state index >= 15 is 0 Å². The van der Waals surface area contributed by atoms with Gasteiger partial charge in [0.2, 0.25) is 5.28 Å². The zero-order valence-electron chi connectivity index (χ0n) is 14.9. The predicted molar refractivity (Wildman–Crippen MR) is 104 cm³/mol. The van der Waals surface area contributed by atoms with Gasteiger partial charge in [-0.3, -0.25) is 0 Å². The molecule has 0 spiro atoms. The van der Waals surface area contributed by atoms with Crippen molar-refractivity contribution in [3.8, 4) is 11.1 Å². The second-order valence-corrected chi connectivity index (χ2v) is 8.01. The van der Waals surface area contributed by atoms with Gasteiger partial charge in [-0.2, -0.15) is 0 Å². The van der Waals surface area contributed by atoms with Crippen LogP contribution in [0.2, 0.25) is 5.28 Å². The number of aromatic nitrogens is 2. The Hall–Kier alpha value is -1.41.